The van der Waals surface area contributed by atoms with Gasteiger partial charge >= 0.3 is 0 Å². The lowest BCUT2D eigenvalue weighted by Gasteiger charge is -2.08. The normalized spacial score (nSPS) is 10.3. The van der Waals surface area contributed by atoms with Crippen molar-refractivity contribution >= 4 is 33.0 Å². The maximum atomic E-state index is 13.3. The van der Waals surface area contributed by atoms with E-state index >= 15 is 0 Å². The van der Waals surface area contributed by atoms with Crippen molar-refractivity contribution in [2.24, 2.45) is 0 Å². The SMILES string of the molecule is Cc1cc(F)cc(Nc2ccc(Br)cc2[N+](=O)[O-])c1. The van der Waals surface area contributed by atoms with Crippen LogP contribution in [0.25, 0.3) is 0 Å². The molecule has 0 aliphatic rings. The van der Waals surface area contributed by atoms with Crippen molar-refractivity contribution in [3.8, 4) is 0 Å². The minimum absolute atomic E-state index is 0.0729. The van der Waals surface area contributed by atoms with Gasteiger partial charge in [-0.15, -0.1) is 0 Å². The number of nitrogens with zero attached hydrogens (tertiary/aromatic N) is 1. The molecular formula is C13H10BrFN2O2. The molecule has 98 valence electrons. The summed E-state index contributed by atoms with van der Waals surface area (Å²) in [6.45, 7) is 1.75. The van der Waals surface area contributed by atoms with E-state index < -0.39 is 4.92 Å². The van der Waals surface area contributed by atoms with Gasteiger partial charge in [0.15, 0.2) is 0 Å². The first-order valence-corrected chi connectivity index (χ1v) is 6.23. The molecule has 0 aliphatic carbocycles. The molecule has 0 aliphatic heterocycles. The van der Waals surface area contributed by atoms with E-state index in [2.05, 4.69) is 21.2 Å². The second-order valence-corrected chi connectivity index (χ2v) is 4.98. The smallest absolute Gasteiger partial charge is 0.293 e. The zero-order valence-electron chi connectivity index (χ0n) is 9.98. The Bertz CT molecular complexity index is 626. The average molecular weight is 325 g/mol. The van der Waals surface area contributed by atoms with Gasteiger partial charge in [-0.3, -0.25) is 10.1 Å². The molecule has 0 amide bonds. The van der Waals surface area contributed by atoms with Crippen molar-refractivity contribution in [1.29, 1.82) is 0 Å². The first kappa shape index (κ1) is 13.5. The Morgan fingerprint density at radius 1 is 1.26 bits per heavy atom. The molecule has 0 radical (unpaired) electrons. The van der Waals surface area contributed by atoms with Crippen LogP contribution in [0, 0.1) is 22.9 Å². The van der Waals surface area contributed by atoms with Crippen LogP contribution in [-0.4, -0.2) is 4.92 Å². The molecule has 0 bridgehead atoms. The number of nitro benzene ring substituents is 1. The van der Waals surface area contributed by atoms with E-state index in [4.69, 9.17) is 0 Å². The molecule has 0 heterocycles. The largest absolute Gasteiger partial charge is 0.350 e. The molecule has 0 spiro atoms. The first-order valence-electron chi connectivity index (χ1n) is 5.44. The van der Waals surface area contributed by atoms with Crippen molar-refractivity contribution in [2.45, 2.75) is 6.92 Å². The van der Waals surface area contributed by atoms with E-state index in [0.717, 1.165) is 5.56 Å². The quantitative estimate of drug-likeness (QED) is 0.665. The number of aryl methyl sites for hydroxylation is 1. The molecule has 2 aromatic rings. The monoisotopic (exact) mass is 324 g/mol. The third-order valence-electron chi connectivity index (χ3n) is 2.48. The maximum Gasteiger partial charge on any atom is 0.293 e. The van der Waals surface area contributed by atoms with Crippen LogP contribution < -0.4 is 5.32 Å². The first-order chi connectivity index (χ1) is 8.95. The highest BCUT2D eigenvalue weighted by atomic mass is 79.9. The second kappa shape index (κ2) is 5.36. The fourth-order valence-electron chi connectivity index (χ4n) is 1.73. The van der Waals surface area contributed by atoms with E-state index in [1.54, 1.807) is 25.1 Å². The fourth-order valence-corrected chi connectivity index (χ4v) is 2.07. The van der Waals surface area contributed by atoms with Gasteiger partial charge in [0.25, 0.3) is 5.69 Å². The number of nitrogens with one attached hydrogen (secondary N) is 1. The van der Waals surface area contributed by atoms with Crippen molar-refractivity contribution in [1.82, 2.24) is 0 Å². The lowest BCUT2D eigenvalue weighted by molar-refractivity contribution is -0.384. The highest BCUT2D eigenvalue weighted by Crippen LogP contribution is 2.30. The molecule has 4 nitrogen and oxygen atoms in total. The Morgan fingerprint density at radius 2 is 2.00 bits per heavy atom. The Hall–Kier alpha value is -1.95. The highest BCUT2D eigenvalue weighted by Gasteiger charge is 2.14. The molecule has 0 fully saturated rings. The molecule has 0 saturated heterocycles. The molecular weight excluding hydrogens is 315 g/mol. The molecule has 0 atom stereocenters. The summed E-state index contributed by atoms with van der Waals surface area (Å²) in [7, 11) is 0. The molecule has 2 aromatic carbocycles. The molecule has 0 aromatic heterocycles. The molecule has 0 unspecified atom stereocenters. The van der Waals surface area contributed by atoms with Crippen molar-refractivity contribution < 1.29 is 9.31 Å². The summed E-state index contributed by atoms with van der Waals surface area (Å²) in [6.07, 6.45) is 0. The number of nitro groups is 1. The molecule has 0 saturated carbocycles. The summed E-state index contributed by atoms with van der Waals surface area (Å²) in [5.41, 5.74) is 1.46. The molecule has 6 heteroatoms. The third-order valence-corrected chi connectivity index (χ3v) is 2.97. The number of hydrogen-bond acceptors (Lipinski definition) is 3. The van der Waals surface area contributed by atoms with Gasteiger partial charge in [0.05, 0.1) is 4.92 Å². The highest BCUT2D eigenvalue weighted by molar-refractivity contribution is 9.10. The van der Waals surface area contributed by atoms with Gasteiger partial charge in [-0.05, 0) is 42.8 Å². The van der Waals surface area contributed by atoms with Gasteiger partial charge in [-0.1, -0.05) is 15.9 Å². The van der Waals surface area contributed by atoms with Gasteiger partial charge in [-0.25, -0.2) is 4.39 Å². The number of halogens is 2. The van der Waals surface area contributed by atoms with Crippen LogP contribution in [0.1, 0.15) is 5.56 Å². The summed E-state index contributed by atoms with van der Waals surface area (Å²) < 4.78 is 13.9. The second-order valence-electron chi connectivity index (χ2n) is 4.06. The van der Waals surface area contributed by atoms with Crippen LogP contribution in [0.4, 0.5) is 21.5 Å². The van der Waals surface area contributed by atoms with Crippen LogP contribution in [0.15, 0.2) is 40.9 Å². The minimum atomic E-state index is -0.487. The Morgan fingerprint density at radius 3 is 2.63 bits per heavy atom. The van der Waals surface area contributed by atoms with Crippen molar-refractivity contribution in [3.05, 3.63) is 62.4 Å². The minimum Gasteiger partial charge on any atom is -0.350 e. The van der Waals surface area contributed by atoms with Crippen LogP contribution in [-0.2, 0) is 0 Å². The van der Waals surface area contributed by atoms with Gasteiger partial charge in [0.1, 0.15) is 11.5 Å². The number of rotatable bonds is 3. The van der Waals surface area contributed by atoms with E-state index in [1.165, 1.54) is 18.2 Å². The molecule has 1 N–H and O–H groups in total. The van der Waals surface area contributed by atoms with Crippen LogP contribution in [0.2, 0.25) is 0 Å². The van der Waals surface area contributed by atoms with Crippen molar-refractivity contribution in [2.75, 3.05) is 5.32 Å². The summed E-state index contributed by atoms with van der Waals surface area (Å²) in [4.78, 5) is 10.5. The summed E-state index contributed by atoms with van der Waals surface area (Å²) in [5.74, 6) is -0.387. The number of benzene rings is 2. The lowest BCUT2D eigenvalue weighted by atomic mass is 10.2. The van der Waals surface area contributed by atoms with E-state index in [1.807, 2.05) is 0 Å². The zero-order valence-corrected chi connectivity index (χ0v) is 11.6. The third kappa shape index (κ3) is 3.29. The number of anilines is 2. The van der Waals surface area contributed by atoms with E-state index in [9.17, 15) is 14.5 Å². The van der Waals surface area contributed by atoms with Gasteiger partial charge in [0, 0.05) is 16.2 Å². The summed E-state index contributed by atoms with van der Waals surface area (Å²) >= 11 is 3.18. The Labute approximate surface area is 117 Å². The van der Waals surface area contributed by atoms with Crippen LogP contribution in [0.3, 0.4) is 0 Å². The van der Waals surface area contributed by atoms with E-state index in [0.29, 0.717) is 15.8 Å². The average Bonchev–Trinajstić information content (AvgIpc) is 2.30. The van der Waals surface area contributed by atoms with Crippen molar-refractivity contribution in [3.63, 3.8) is 0 Å². The fraction of sp³-hybridized carbons (Fsp3) is 0.0769. The van der Waals surface area contributed by atoms with Gasteiger partial charge in [-0.2, -0.15) is 0 Å². The lowest BCUT2D eigenvalue weighted by Crippen LogP contribution is -1.97. The molecule has 19 heavy (non-hydrogen) atoms. The van der Waals surface area contributed by atoms with E-state index in [-0.39, 0.29) is 11.5 Å². The zero-order chi connectivity index (χ0) is 14.0. The van der Waals surface area contributed by atoms with Gasteiger partial charge in [0.2, 0.25) is 0 Å². The van der Waals surface area contributed by atoms with Crippen LogP contribution >= 0.6 is 15.9 Å². The van der Waals surface area contributed by atoms with Gasteiger partial charge < -0.3 is 5.32 Å². The Kier molecular flexibility index (Phi) is 3.80. The summed E-state index contributed by atoms with van der Waals surface area (Å²) in [5, 5.41) is 13.8. The topological polar surface area (TPSA) is 55.2 Å². The predicted octanol–water partition coefficient (Wildman–Crippen LogP) is 4.55. The predicted molar refractivity (Wildman–Crippen MR) is 75.2 cm³/mol. The molecule has 2 rings (SSSR count). The number of hydrogen-bond donors (Lipinski definition) is 1. The van der Waals surface area contributed by atoms with Crippen LogP contribution in [0.5, 0.6) is 0 Å². The Balaban J connectivity index is 2.40. The maximum absolute atomic E-state index is 13.3. The summed E-state index contributed by atoms with van der Waals surface area (Å²) in [6, 6.07) is 9.05. The standard InChI is InChI=1S/C13H10BrFN2O2/c1-8-4-10(15)7-11(5-8)16-12-3-2-9(14)6-13(12)17(18)19/h2-7,16H,1H3.